The molecule has 0 N–H and O–H groups in total. The first-order chi connectivity index (χ1) is 3.81. The SMILES string of the molecule is CSC(F)(Cl)C(F)(F)Cl. The maximum absolute atomic E-state index is 12.2. The van der Waals surface area contributed by atoms with Crippen molar-refractivity contribution in [2.45, 2.75) is 9.84 Å². The van der Waals surface area contributed by atoms with Gasteiger partial charge in [0.25, 0.3) is 0 Å². The van der Waals surface area contributed by atoms with Crippen molar-refractivity contribution in [1.29, 1.82) is 0 Å². The molecule has 0 aliphatic heterocycles. The van der Waals surface area contributed by atoms with Gasteiger partial charge in [0.2, 0.25) is 0 Å². The Hall–Kier alpha value is 0.720. The van der Waals surface area contributed by atoms with Gasteiger partial charge < -0.3 is 0 Å². The molecule has 0 aliphatic carbocycles. The Morgan fingerprint density at radius 2 is 1.56 bits per heavy atom. The van der Waals surface area contributed by atoms with Crippen LogP contribution in [0.15, 0.2) is 0 Å². The smallest absolute Gasteiger partial charge is 0.205 e. The van der Waals surface area contributed by atoms with E-state index < -0.39 is 9.84 Å². The Labute approximate surface area is 64.7 Å². The van der Waals surface area contributed by atoms with Crippen molar-refractivity contribution in [3.8, 4) is 0 Å². The summed E-state index contributed by atoms with van der Waals surface area (Å²) in [4.78, 5) is 0. The van der Waals surface area contributed by atoms with Crippen LogP contribution in [0.5, 0.6) is 0 Å². The Morgan fingerprint density at radius 3 is 1.56 bits per heavy atom. The summed E-state index contributed by atoms with van der Waals surface area (Å²) in [6.07, 6.45) is 1.10. The van der Waals surface area contributed by atoms with Crippen molar-refractivity contribution in [3.05, 3.63) is 0 Å². The Balaban J connectivity index is 4.14. The minimum Gasteiger partial charge on any atom is -0.205 e. The third kappa shape index (κ3) is 2.43. The molecular weight excluding hydrogens is 196 g/mol. The Kier molecular flexibility index (Phi) is 2.98. The predicted molar refractivity (Wildman–Crippen MR) is 34.0 cm³/mol. The average molecular weight is 199 g/mol. The molecule has 0 aromatic rings. The summed E-state index contributed by atoms with van der Waals surface area (Å²) in [6, 6.07) is 0. The van der Waals surface area contributed by atoms with Crippen LogP contribution in [0, 0.1) is 0 Å². The van der Waals surface area contributed by atoms with Crippen LogP contribution < -0.4 is 0 Å². The van der Waals surface area contributed by atoms with Gasteiger partial charge in [-0.1, -0.05) is 11.6 Å². The number of halogens is 5. The first-order valence-electron chi connectivity index (χ1n) is 1.81. The van der Waals surface area contributed by atoms with Gasteiger partial charge in [-0.25, -0.2) is 4.39 Å². The molecule has 0 aliphatic rings. The molecule has 0 aromatic carbocycles. The van der Waals surface area contributed by atoms with E-state index in [-0.39, 0.29) is 11.8 Å². The second-order valence-electron chi connectivity index (χ2n) is 1.22. The molecule has 0 heterocycles. The van der Waals surface area contributed by atoms with E-state index >= 15 is 0 Å². The molecule has 0 saturated heterocycles. The maximum atomic E-state index is 12.2. The minimum atomic E-state index is -4.02. The zero-order chi connectivity index (χ0) is 7.71. The first kappa shape index (κ1) is 9.72. The molecule has 0 bridgehead atoms. The fourth-order valence-electron chi connectivity index (χ4n) is 0.116. The lowest BCUT2D eigenvalue weighted by atomic mass is 10.8. The Morgan fingerprint density at radius 1 is 1.22 bits per heavy atom. The van der Waals surface area contributed by atoms with E-state index in [1.54, 1.807) is 0 Å². The van der Waals surface area contributed by atoms with Gasteiger partial charge in [0, 0.05) is 0 Å². The lowest BCUT2D eigenvalue weighted by Gasteiger charge is -2.19. The van der Waals surface area contributed by atoms with Gasteiger partial charge in [-0.15, -0.1) is 11.8 Å². The highest BCUT2D eigenvalue weighted by Crippen LogP contribution is 2.46. The lowest BCUT2D eigenvalue weighted by molar-refractivity contribution is 0.0284. The van der Waals surface area contributed by atoms with Crippen molar-refractivity contribution < 1.29 is 13.2 Å². The second kappa shape index (κ2) is 2.76. The monoisotopic (exact) mass is 198 g/mol. The predicted octanol–water partition coefficient (Wildman–Crippen LogP) is 3.04. The molecule has 9 heavy (non-hydrogen) atoms. The first-order valence-corrected chi connectivity index (χ1v) is 3.79. The van der Waals surface area contributed by atoms with Crippen molar-refractivity contribution in [2.75, 3.05) is 6.26 Å². The molecule has 0 fully saturated rings. The minimum absolute atomic E-state index is 0.151. The van der Waals surface area contributed by atoms with Crippen molar-refractivity contribution in [1.82, 2.24) is 0 Å². The molecule has 1 unspecified atom stereocenters. The number of rotatable bonds is 2. The van der Waals surface area contributed by atoms with Crippen LogP contribution in [0.25, 0.3) is 0 Å². The van der Waals surface area contributed by atoms with Crippen molar-refractivity contribution in [3.63, 3.8) is 0 Å². The number of alkyl halides is 5. The number of hydrogen-bond donors (Lipinski definition) is 0. The van der Waals surface area contributed by atoms with E-state index in [0.29, 0.717) is 0 Å². The fraction of sp³-hybridized carbons (Fsp3) is 1.00. The van der Waals surface area contributed by atoms with Crippen LogP contribution in [0.3, 0.4) is 0 Å². The van der Waals surface area contributed by atoms with E-state index in [9.17, 15) is 13.2 Å². The second-order valence-corrected chi connectivity index (χ2v) is 3.41. The number of thioether (sulfide) groups is 1. The molecule has 0 rings (SSSR count). The van der Waals surface area contributed by atoms with Crippen LogP contribution in [-0.4, -0.2) is 16.1 Å². The van der Waals surface area contributed by atoms with Crippen molar-refractivity contribution in [2.24, 2.45) is 0 Å². The lowest BCUT2D eigenvalue weighted by Crippen LogP contribution is -2.29. The standard InChI is InChI=1S/C3H3Cl2F3S/c1-9-3(5,8)2(4,6)7/h1H3. The fourth-order valence-corrected chi connectivity index (χ4v) is 0.579. The van der Waals surface area contributed by atoms with Gasteiger partial charge in [-0.2, -0.15) is 8.78 Å². The molecular formula is C3H3Cl2F3S. The van der Waals surface area contributed by atoms with E-state index in [2.05, 4.69) is 23.2 Å². The van der Waals surface area contributed by atoms with Crippen molar-refractivity contribution >= 4 is 35.0 Å². The molecule has 0 nitrogen and oxygen atoms in total. The highest BCUT2D eigenvalue weighted by Gasteiger charge is 2.52. The zero-order valence-corrected chi connectivity index (χ0v) is 6.63. The van der Waals surface area contributed by atoms with Gasteiger partial charge >= 0.3 is 9.84 Å². The van der Waals surface area contributed by atoms with E-state index in [4.69, 9.17) is 0 Å². The molecule has 0 saturated carbocycles. The largest absolute Gasteiger partial charge is 0.378 e. The topological polar surface area (TPSA) is 0 Å². The van der Waals surface area contributed by atoms with E-state index in [1.165, 1.54) is 0 Å². The molecule has 0 spiro atoms. The third-order valence-electron chi connectivity index (χ3n) is 0.586. The van der Waals surface area contributed by atoms with E-state index in [0.717, 1.165) is 6.26 Å². The van der Waals surface area contributed by atoms with Gasteiger partial charge in [-0.05, 0) is 17.9 Å². The van der Waals surface area contributed by atoms with Crippen LogP contribution in [0.2, 0.25) is 0 Å². The molecule has 1 atom stereocenters. The summed E-state index contributed by atoms with van der Waals surface area (Å²) in [6.45, 7) is 0. The molecule has 0 amide bonds. The highest BCUT2D eigenvalue weighted by atomic mass is 35.5. The Bertz CT molecular complexity index is 99.7. The molecule has 56 valence electrons. The average Bonchev–Trinajstić information content (AvgIpc) is 1.64. The molecule has 0 radical (unpaired) electrons. The highest BCUT2D eigenvalue weighted by molar-refractivity contribution is 8.01. The van der Waals surface area contributed by atoms with Crippen LogP contribution in [0.4, 0.5) is 13.2 Å². The maximum Gasteiger partial charge on any atom is 0.378 e. The normalized spacial score (nSPS) is 19.3. The van der Waals surface area contributed by atoms with Crippen LogP contribution >= 0.6 is 35.0 Å². The quantitative estimate of drug-likeness (QED) is 0.616. The summed E-state index contributed by atoms with van der Waals surface area (Å²) >= 11 is 9.03. The summed E-state index contributed by atoms with van der Waals surface area (Å²) in [5, 5.41) is -4.02. The van der Waals surface area contributed by atoms with Crippen LogP contribution in [0.1, 0.15) is 0 Å². The summed E-state index contributed by atoms with van der Waals surface area (Å²) in [5.41, 5.74) is 0. The van der Waals surface area contributed by atoms with Gasteiger partial charge in [0.15, 0.2) is 0 Å². The summed E-state index contributed by atoms with van der Waals surface area (Å²) in [5.74, 6) is 0. The van der Waals surface area contributed by atoms with Crippen LogP contribution in [-0.2, 0) is 0 Å². The van der Waals surface area contributed by atoms with Gasteiger partial charge in [0.05, 0.1) is 0 Å². The number of hydrogen-bond acceptors (Lipinski definition) is 1. The van der Waals surface area contributed by atoms with Gasteiger partial charge in [0.1, 0.15) is 0 Å². The summed E-state index contributed by atoms with van der Waals surface area (Å²) in [7, 11) is 0. The zero-order valence-electron chi connectivity index (χ0n) is 4.30. The molecule has 6 heteroatoms. The molecule has 0 aromatic heterocycles. The third-order valence-corrected chi connectivity index (χ3v) is 2.52. The van der Waals surface area contributed by atoms with E-state index in [1.807, 2.05) is 0 Å². The summed E-state index contributed by atoms with van der Waals surface area (Å²) < 4.78 is 32.4. The van der Waals surface area contributed by atoms with Gasteiger partial charge in [-0.3, -0.25) is 0 Å².